The normalized spacial score (nSPS) is 21.9. The summed E-state index contributed by atoms with van der Waals surface area (Å²) in [6, 6.07) is 7.30. The number of ether oxygens (including phenoxy) is 1. The summed E-state index contributed by atoms with van der Waals surface area (Å²) >= 11 is 0. The first-order valence-corrected chi connectivity index (χ1v) is 9.31. The van der Waals surface area contributed by atoms with E-state index in [1.807, 2.05) is 24.3 Å². The highest BCUT2D eigenvalue weighted by Gasteiger charge is 2.34. The summed E-state index contributed by atoms with van der Waals surface area (Å²) in [7, 11) is 1.63. The smallest absolute Gasteiger partial charge is 0.246 e. The number of rotatable bonds is 7. The van der Waals surface area contributed by atoms with Gasteiger partial charge in [0.2, 0.25) is 11.8 Å². The largest absolute Gasteiger partial charge is 0.496 e. The number of nitrogens with zero attached hydrogens (tertiary/aromatic N) is 2. The predicted octanol–water partition coefficient (Wildman–Crippen LogP) is -0.140. The fourth-order valence-electron chi connectivity index (χ4n) is 3.58. The lowest BCUT2D eigenvalue weighted by Crippen LogP contribution is -2.59. The third-order valence-corrected chi connectivity index (χ3v) is 5.05. The van der Waals surface area contributed by atoms with E-state index in [0.29, 0.717) is 13.0 Å². The summed E-state index contributed by atoms with van der Waals surface area (Å²) in [5.41, 5.74) is 0.968. The number of para-hydroxylation sites is 1. The van der Waals surface area contributed by atoms with E-state index in [0.717, 1.165) is 50.5 Å². The average molecular weight is 360 g/mol. The van der Waals surface area contributed by atoms with Crippen LogP contribution in [-0.4, -0.2) is 80.6 Å². The predicted molar refractivity (Wildman–Crippen MR) is 99.1 cm³/mol. The van der Waals surface area contributed by atoms with Crippen LogP contribution in [0.5, 0.6) is 5.75 Å². The van der Waals surface area contributed by atoms with Gasteiger partial charge in [0.1, 0.15) is 5.75 Å². The number of methoxy groups -OCH3 is 1. The van der Waals surface area contributed by atoms with Crippen molar-refractivity contribution in [1.82, 2.24) is 20.4 Å². The maximum atomic E-state index is 12.8. The van der Waals surface area contributed by atoms with Crippen molar-refractivity contribution in [2.75, 3.05) is 52.9 Å². The molecule has 1 unspecified atom stereocenters. The molecule has 1 aromatic rings. The molecule has 2 N–H and O–H groups in total. The molecule has 0 aromatic heterocycles. The van der Waals surface area contributed by atoms with Crippen molar-refractivity contribution in [3.63, 3.8) is 0 Å². The van der Waals surface area contributed by atoms with E-state index in [2.05, 4.69) is 15.5 Å². The second-order valence-corrected chi connectivity index (χ2v) is 6.78. The molecular formula is C19H28N4O3. The van der Waals surface area contributed by atoms with Crippen LogP contribution in [0.3, 0.4) is 0 Å². The lowest BCUT2D eigenvalue weighted by Gasteiger charge is -2.33. The van der Waals surface area contributed by atoms with Gasteiger partial charge in [-0.2, -0.15) is 0 Å². The van der Waals surface area contributed by atoms with Gasteiger partial charge in [-0.25, -0.2) is 0 Å². The zero-order chi connectivity index (χ0) is 18.4. The number of hydrogen-bond acceptors (Lipinski definition) is 6. The molecule has 2 fully saturated rings. The standard InChI is InChI=1S/C19H28N4O3/c1-26-17-6-3-2-5-15(17)13-16-19(25)23(18(24)14-21-16)10-4-9-22-11-7-20-8-12-22/h2-3,5-6,16,20-21H,4,7-14H2,1H3. The average Bonchev–Trinajstić information content (AvgIpc) is 2.68. The Morgan fingerprint density at radius 1 is 1.15 bits per heavy atom. The van der Waals surface area contributed by atoms with Crippen molar-refractivity contribution in [2.24, 2.45) is 0 Å². The SMILES string of the molecule is COc1ccccc1CC1NCC(=O)N(CCCN2CCNCC2)C1=O. The molecule has 3 rings (SSSR count). The number of carbonyl (C=O) groups is 2. The van der Waals surface area contributed by atoms with E-state index in [4.69, 9.17) is 4.74 Å². The summed E-state index contributed by atoms with van der Waals surface area (Å²) in [5.74, 6) is 0.503. The molecule has 1 atom stereocenters. The van der Waals surface area contributed by atoms with Crippen LogP contribution in [0.2, 0.25) is 0 Å². The lowest BCUT2D eigenvalue weighted by molar-refractivity contribution is -0.149. The Bertz CT molecular complexity index is 631. The maximum absolute atomic E-state index is 12.8. The van der Waals surface area contributed by atoms with Gasteiger partial charge in [-0.15, -0.1) is 0 Å². The first-order chi connectivity index (χ1) is 12.7. The Balaban J connectivity index is 1.56. The van der Waals surface area contributed by atoms with E-state index in [-0.39, 0.29) is 24.4 Å². The number of imide groups is 1. The van der Waals surface area contributed by atoms with Crippen molar-refractivity contribution in [3.8, 4) is 5.75 Å². The van der Waals surface area contributed by atoms with E-state index >= 15 is 0 Å². The molecule has 7 nitrogen and oxygen atoms in total. The second kappa shape index (κ2) is 9.12. The van der Waals surface area contributed by atoms with Gasteiger partial charge in [0, 0.05) is 39.1 Å². The van der Waals surface area contributed by atoms with Gasteiger partial charge < -0.3 is 15.0 Å². The first kappa shape index (κ1) is 18.8. The van der Waals surface area contributed by atoms with Crippen molar-refractivity contribution >= 4 is 11.8 Å². The molecule has 7 heteroatoms. The monoisotopic (exact) mass is 360 g/mol. The summed E-state index contributed by atoms with van der Waals surface area (Å²) < 4.78 is 5.37. The number of nitrogens with one attached hydrogen (secondary N) is 2. The van der Waals surface area contributed by atoms with Crippen LogP contribution in [0.4, 0.5) is 0 Å². The van der Waals surface area contributed by atoms with Crippen LogP contribution in [0.1, 0.15) is 12.0 Å². The van der Waals surface area contributed by atoms with Crippen LogP contribution in [-0.2, 0) is 16.0 Å². The van der Waals surface area contributed by atoms with Crippen molar-refractivity contribution in [1.29, 1.82) is 0 Å². The molecule has 1 aromatic carbocycles. The third kappa shape index (κ3) is 4.60. The summed E-state index contributed by atoms with van der Waals surface area (Å²) in [4.78, 5) is 28.8. The highest BCUT2D eigenvalue weighted by molar-refractivity contribution is 6.01. The van der Waals surface area contributed by atoms with E-state index in [1.54, 1.807) is 7.11 Å². The number of amides is 2. The molecule has 2 amide bonds. The fourth-order valence-corrected chi connectivity index (χ4v) is 3.58. The Morgan fingerprint density at radius 2 is 1.92 bits per heavy atom. The number of carbonyl (C=O) groups excluding carboxylic acids is 2. The molecule has 2 aliphatic rings. The molecule has 2 aliphatic heterocycles. The highest BCUT2D eigenvalue weighted by atomic mass is 16.5. The minimum absolute atomic E-state index is 0.132. The van der Waals surface area contributed by atoms with Gasteiger partial charge in [-0.3, -0.25) is 19.8 Å². The maximum Gasteiger partial charge on any atom is 0.246 e. The van der Waals surface area contributed by atoms with Crippen molar-refractivity contribution < 1.29 is 14.3 Å². The van der Waals surface area contributed by atoms with Gasteiger partial charge in [0.25, 0.3) is 0 Å². The van der Waals surface area contributed by atoms with Crippen molar-refractivity contribution in [2.45, 2.75) is 18.9 Å². The van der Waals surface area contributed by atoms with Gasteiger partial charge in [-0.05, 0) is 24.6 Å². The number of benzene rings is 1. The Kier molecular flexibility index (Phi) is 6.60. The Hall–Kier alpha value is -1.96. The van der Waals surface area contributed by atoms with Gasteiger partial charge in [-0.1, -0.05) is 18.2 Å². The van der Waals surface area contributed by atoms with Crippen LogP contribution in [0, 0.1) is 0 Å². The minimum atomic E-state index is -0.386. The fraction of sp³-hybridized carbons (Fsp3) is 0.579. The zero-order valence-electron chi connectivity index (χ0n) is 15.4. The topological polar surface area (TPSA) is 73.9 Å². The molecule has 0 spiro atoms. The molecule has 2 heterocycles. The second-order valence-electron chi connectivity index (χ2n) is 6.78. The molecule has 26 heavy (non-hydrogen) atoms. The van der Waals surface area contributed by atoms with Crippen LogP contribution >= 0.6 is 0 Å². The summed E-state index contributed by atoms with van der Waals surface area (Å²) in [6.07, 6.45) is 1.34. The van der Waals surface area contributed by atoms with Crippen LogP contribution in [0.25, 0.3) is 0 Å². The van der Waals surface area contributed by atoms with Gasteiger partial charge in [0.05, 0.1) is 19.7 Å². The summed E-state index contributed by atoms with van der Waals surface area (Å²) in [5, 5.41) is 6.40. The summed E-state index contributed by atoms with van der Waals surface area (Å²) in [6.45, 7) is 5.69. The molecule has 0 bridgehead atoms. The Labute approximate surface area is 154 Å². The third-order valence-electron chi connectivity index (χ3n) is 5.05. The number of piperazine rings is 2. The van der Waals surface area contributed by atoms with E-state index < -0.39 is 0 Å². The number of hydrogen-bond donors (Lipinski definition) is 2. The minimum Gasteiger partial charge on any atom is -0.496 e. The molecular weight excluding hydrogens is 332 g/mol. The quantitative estimate of drug-likeness (QED) is 0.660. The van der Waals surface area contributed by atoms with Gasteiger partial charge >= 0.3 is 0 Å². The molecule has 0 saturated carbocycles. The lowest BCUT2D eigenvalue weighted by atomic mass is 10.0. The molecule has 0 aliphatic carbocycles. The van der Waals surface area contributed by atoms with E-state index in [9.17, 15) is 9.59 Å². The van der Waals surface area contributed by atoms with Crippen LogP contribution < -0.4 is 15.4 Å². The highest BCUT2D eigenvalue weighted by Crippen LogP contribution is 2.20. The zero-order valence-corrected chi connectivity index (χ0v) is 15.4. The van der Waals surface area contributed by atoms with Crippen LogP contribution in [0.15, 0.2) is 24.3 Å². The molecule has 142 valence electrons. The van der Waals surface area contributed by atoms with Gasteiger partial charge in [0.15, 0.2) is 0 Å². The first-order valence-electron chi connectivity index (χ1n) is 9.31. The van der Waals surface area contributed by atoms with E-state index in [1.165, 1.54) is 4.90 Å². The molecule has 2 saturated heterocycles. The Morgan fingerprint density at radius 3 is 2.69 bits per heavy atom. The van der Waals surface area contributed by atoms with Crippen molar-refractivity contribution in [3.05, 3.63) is 29.8 Å². The molecule has 0 radical (unpaired) electrons.